The minimum Gasteiger partial charge on any atom is -0.0119 e. The molecule has 1 atom stereocenters. The zero-order valence-corrected chi connectivity index (χ0v) is 53.1. The molecular formula is H44Si21. The maximum atomic E-state index is 1.99. The third-order valence-corrected chi connectivity index (χ3v) is 532. The summed E-state index contributed by atoms with van der Waals surface area (Å²) >= 11 is 0. The van der Waals surface area contributed by atoms with Gasteiger partial charge in [-0.3, -0.25) is 0 Å². The lowest BCUT2D eigenvalue weighted by molar-refractivity contribution is 3.06. The van der Waals surface area contributed by atoms with E-state index in [1.54, 1.807) is 0 Å². The third kappa shape index (κ3) is 4.52. The van der Waals surface area contributed by atoms with E-state index in [9.17, 15) is 0 Å². The van der Waals surface area contributed by atoms with Crippen LogP contribution in [-0.2, 0) is 0 Å². The Hall–Kier alpha value is 4.55. The van der Waals surface area contributed by atoms with Crippen LogP contribution in [0, 0.1) is 0 Å². The zero-order valence-electron chi connectivity index (χ0n) is 17.7. The lowest BCUT2D eigenvalue weighted by Crippen LogP contribution is -3.07. The van der Waals surface area contributed by atoms with Gasteiger partial charge in [0.25, 0.3) is 0 Å². The van der Waals surface area contributed by atoms with Crippen LogP contribution in [0.15, 0.2) is 0 Å². The smallest absolute Gasteiger partial charge is 0.00140 e. The molecule has 0 N–H and O–H groups in total. The molecule has 0 aliphatic rings. The van der Waals surface area contributed by atoms with Crippen molar-refractivity contribution in [2.45, 2.75) is 0 Å². The van der Waals surface area contributed by atoms with Gasteiger partial charge in [-0.05, 0) is 182 Å². The molecule has 21 heavy (non-hydrogen) atoms. The van der Waals surface area contributed by atoms with E-state index in [2.05, 4.69) is 0 Å². The fourth-order valence-corrected chi connectivity index (χ4v) is 1750. The van der Waals surface area contributed by atoms with Crippen molar-refractivity contribution in [3.63, 3.8) is 0 Å². The predicted octanol–water partition coefficient (Wildman–Crippen LogP) is -19.8. The van der Waals surface area contributed by atoms with Crippen molar-refractivity contribution in [1.29, 1.82) is 0 Å². The van der Waals surface area contributed by atoms with E-state index in [1.807, 2.05) is 137 Å². The number of hydrogen-bond acceptors (Lipinski definition) is 0. The summed E-state index contributed by atoms with van der Waals surface area (Å²) in [6.45, 7) is 0. The van der Waals surface area contributed by atoms with E-state index in [0.717, 1.165) is 0 Å². The van der Waals surface area contributed by atoms with Gasteiger partial charge in [-0.15, -0.1) is 0 Å². The molecule has 0 aromatic heterocycles. The van der Waals surface area contributed by atoms with E-state index in [4.69, 9.17) is 0 Å². The van der Waals surface area contributed by atoms with Crippen LogP contribution in [0.5, 0.6) is 0 Å². The van der Waals surface area contributed by atoms with Crippen molar-refractivity contribution < 1.29 is 0 Å². The van der Waals surface area contributed by atoms with Gasteiger partial charge in [0.15, 0.2) is 0 Å². The van der Waals surface area contributed by atoms with Crippen LogP contribution < -0.4 is 0 Å². The predicted molar refractivity (Wildman–Crippen MR) is 182 cm³/mol. The molecule has 0 aromatic rings. The standard InChI is InChI=1S/H44Si21/c1-15-20(14,16(2,3)4)21(17(5,6)7,18(8,9)10)19(11,12)13/h15H2,1-14H3. The fourth-order valence-electron chi connectivity index (χ4n) is 7.22. The average molecular weight is 634 g/mol. The highest BCUT2D eigenvalue weighted by atomic mass is 30.8. The van der Waals surface area contributed by atoms with Crippen LogP contribution >= 0.6 is 0 Å². The Kier molecular flexibility index (Phi) is 9.60. The first kappa shape index (κ1) is 25.6. The Morgan fingerprint density at radius 1 is 0.429 bits per heavy atom. The summed E-state index contributed by atoms with van der Waals surface area (Å²) in [6, 6.07) is 0. The van der Waals surface area contributed by atoms with Gasteiger partial charge in [0, 0.05) is 0 Å². The van der Waals surface area contributed by atoms with Crippen LogP contribution in [0.4, 0.5) is 0 Å². The molecular weight excluding hydrogens is 590 g/mol. The van der Waals surface area contributed by atoms with Crippen LogP contribution in [0.3, 0.4) is 0 Å². The van der Waals surface area contributed by atoms with Crippen molar-refractivity contribution in [1.82, 2.24) is 0 Å². The molecule has 0 fully saturated rings. The summed E-state index contributed by atoms with van der Waals surface area (Å²) in [5, 5.41) is 0. The zero-order chi connectivity index (χ0) is 17.7. The van der Waals surface area contributed by atoms with E-state index in [1.165, 1.54) is 0 Å². The molecule has 0 heterocycles. The van der Waals surface area contributed by atoms with Crippen molar-refractivity contribution in [2.75, 3.05) is 0 Å². The Labute approximate surface area is 179 Å². The van der Waals surface area contributed by atoms with Gasteiger partial charge in [0.1, 0.15) is 0 Å². The molecule has 0 radical (unpaired) electrons. The first-order chi connectivity index (χ1) is 8.81. The molecule has 0 aliphatic carbocycles. The third-order valence-electron chi connectivity index (χ3n) is 6.57. The molecule has 0 amide bonds. The molecule has 0 saturated heterocycles. The summed E-state index contributed by atoms with van der Waals surface area (Å²) in [5.41, 5.74) is 0. The molecule has 0 aliphatic heterocycles. The number of hydrogen-bond donors (Lipinski definition) is 0. The normalized spacial score (nSPS) is 32.6. The van der Waals surface area contributed by atoms with Gasteiger partial charge in [-0.25, -0.2) is 0 Å². The van der Waals surface area contributed by atoms with Crippen LogP contribution in [0.1, 0.15) is 0 Å². The summed E-state index contributed by atoms with van der Waals surface area (Å²) in [5.74, 6) is 0. The fraction of sp³-hybridized carbons (Fsp3) is 0. The van der Waals surface area contributed by atoms with Crippen LogP contribution in [-0.4, -0.2) is 182 Å². The van der Waals surface area contributed by atoms with Crippen molar-refractivity contribution in [3.05, 3.63) is 0 Å². The largest absolute Gasteiger partial charge is 0.0119 e. The molecule has 0 spiro atoms. The minimum atomic E-state index is -0.354. The summed E-state index contributed by atoms with van der Waals surface area (Å²) < 4.78 is 0. The molecule has 0 bridgehead atoms. The second kappa shape index (κ2) is 7.89. The van der Waals surface area contributed by atoms with Crippen LogP contribution in [0.2, 0.25) is 0 Å². The minimum absolute atomic E-state index is 0.296. The van der Waals surface area contributed by atoms with Gasteiger partial charge >= 0.3 is 0 Å². The van der Waals surface area contributed by atoms with E-state index in [0.29, 0.717) is 8.55 Å². The van der Waals surface area contributed by atoms with E-state index in [-0.39, 0.29) is 36.9 Å². The van der Waals surface area contributed by atoms with Gasteiger partial charge in [-0.2, -0.15) is 0 Å². The molecule has 21 heteroatoms. The quantitative estimate of drug-likeness (QED) is 0.255. The molecule has 128 valence electrons. The molecule has 0 saturated carbocycles. The maximum Gasteiger partial charge on any atom is -0.00140 e. The van der Waals surface area contributed by atoms with Crippen molar-refractivity contribution >= 4 is 182 Å². The highest BCUT2D eigenvalue weighted by molar-refractivity contribution is 8.46. The highest BCUT2D eigenvalue weighted by Crippen LogP contribution is 2.32. The van der Waals surface area contributed by atoms with E-state index >= 15 is 0 Å². The molecule has 0 rings (SSSR count). The van der Waals surface area contributed by atoms with Crippen molar-refractivity contribution in [2.24, 2.45) is 0 Å². The summed E-state index contributed by atoms with van der Waals surface area (Å²) in [4.78, 5) is 0. The molecule has 0 aromatic carbocycles. The Morgan fingerprint density at radius 3 is 0.714 bits per heavy atom. The average Bonchev–Trinajstić information content (AvgIpc) is 2.08. The topological polar surface area (TPSA) is 0 Å². The molecule has 0 nitrogen and oxygen atoms in total. The van der Waals surface area contributed by atoms with E-state index < -0.39 is 0 Å². The monoisotopic (exact) mass is 632 g/mol. The van der Waals surface area contributed by atoms with Crippen LogP contribution in [0.25, 0.3) is 0 Å². The Bertz CT molecular complexity index is 309. The molecule has 1 unspecified atom stereocenters. The van der Waals surface area contributed by atoms with Gasteiger partial charge < -0.3 is 0 Å². The second-order valence-electron chi connectivity index (χ2n) is 11.4. The second-order valence-corrected chi connectivity index (χ2v) is 309. The first-order valence-corrected chi connectivity index (χ1v) is 79.3. The lowest BCUT2D eigenvalue weighted by atomic mass is 25.4. The van der Waals surface area contributed by atoms with Gasteiger partial charge in [-0.1, -0.05) is 0 Å². The summed E-state index contributed by atoms with van der Waals surface area (Å²) in [6.07, 6.45) is -1.96. The maximum absolute atomic E-state index is 1.99. The summed E-state index contributed by atoms with van der Waals surface area (Å²) in [7, 11) is 27.3. The first-order valence-electron chi connectivity index (χ1n) is 8.81. The highest BCUT2D eigenvalue weighted by Gasteiger charge is 2.70. The number of rotatable bonds is 6. The lowest BCUT2D eigenvalue weighted by Gasteiger charge is -2.70. The Morgan fingerprint density at radius 2 is 0.667 bits per heavy atom. The Balaban J connectivity index is 7.01. The van der Waals surface area contributed by atoms with Crippen molar-refractivity contribution in [3.8, 4) is 0 Å². The van der Waals surface area contributed by atoms with Gasteiger partial charge in [0.2, 0.25) is 0 Å². The van der Waals surface area contributed by atoms with Gasteiger partial charge in [0.05, 0.1) is 0 Å². The SMILES string of the molecule is [SiH3][SiH2][Si]([SiH3])([Si]([SiH3])([SiH3])[SiH3])[Si]([Si]([SiH3])([SiH3])[SiH3])([Si]([SiH3])([SiH3])[SiH3])[Si]([SiH3])([SiH3])[SiH3].